The highest BCUT2D eigenvalue weighted by Crippen LogP contribution is 2.27. The number of amides is 1. The first-order chi connectivity index (χ1) is 11.7. The van der Waals surface area contributed by atoms with Gasteiger partial charge in [0, 0.05) is 19.3 Å². The zero-order valence-corrected chi connectivity index (χ0v) is 14.3. The quantitative estimate of drug-likeness (QED) is 0.848. The summed E-state index contributed by atoms with van der Waals surface area (Å²) in [5.74, 6) is 1.20. The van der Waals surface area contributed by atoms with E-state index in [1.165, 1.54) is 0 Å². The zero-order valence-electron chi connectivity index (χ0n) is 14.3. The fourth-order valence-corrected chi connectivity index (χ4v) is 2.17. The average Bonchev–Trinajstić information content (AvgIpc) is 2.68. The third-order valence-electron chi connectivity index (χ3n) is 3.55. The van der Waals surface area contributed by atoms with Crippen LogP contribution in [0.1, 0.15) is 12.5 Å². The second-order valence-corrected chi connectivity index (χ2v) is 5.19. The van der Waals surface area contributed by atoms with Crippen LogP contribution in [0.15, 0.2) is 54.6 Å². The number of rotatable bonds is 3. The molecule has 0 bridgehead atoms. The van der Waals surface area contributed by atoms with E-state index in [4.69, 9.17) is 14.9 Å². The van der Waals surface area contributed by atoms with Crippen LogP contribution in [0, 0.1) is 5.92 Å². The van der Waals surface area contributed by atoms with Crippen molar-refractivity contribution in [2.75, 3.05) is 25.7 Å². The first-order valence-electron chi connectivity index (χ1n) is 7.70. The van der Waals surface area contributed by atoms with Crippen molar-refractivity contribution in [2.24, 2.45) is 5.92 Å². The number of carbonyl (C=O) groups excluding carboxylic acids is 1. The van der Waals surface area contributed by atoms with Gasteiger partial charge in [-0.2, -0.15) is 0 Å². The van der Waals surface area contributed by atoms with Crippen molar-refractivity contribution in [3.8, 4) is 5.75 Å². The SMILES string of the molecule is CO.COc1ccc(N2CC(C)C2=O)cc1.OCc1ccccc1. The molecule has 1 aliphatic heterocycles. The molecule has 5 nitrogen and oxygen atoms in total. The highest BCUT2D eigenvalue weighted by Gasteiger charge is 2.33. The van der Waals surface area contributed by atoms with Gasteiger partial charge in [0.1, 0.15) is 5.75 Å². The fraction of sp³-hybridized carbons (Fsp3) is 0.316. The van der Waals surface area contributed by atoms with Gasteiger partial charge in [0.15, 0.2) is 0 Å². The highest BCUT2D eigenvalue weighted by molar-refractivity contribution is 6.01. The summed E-state index contributed by atoms with van der Waals surface area (Å²) in [5, 5.41) is 15.5. The summed E-state index contributed by atoms with van der Waals surface area (Å²) in [6.45, 7) is 2.91. The Morgan fingerprint density at radius 2 is 1.67 bits per heavy atom. The minimum Gasteiger partial charge on any atom is -0.497 e. The van der Waals surface area contributed by atoms with Gasteiger partial charge in [0.2, 0.25) is 5.91 Å². The minimum absolute atomic E-state index is 0.140. The topological polar surface area (TPSA) is 70.0 Å². The molecule has 1 amide bonds. The second-order valence-electron chi connectivity index (χ2n) is 5.19. The Kier molecular flexibility index (Phi) is 8.54. The largest absolute Gasteiger partial charge is 0.497 e. The van der Waals surface area contributed by atoms with Gasteiger partial charge in [0.25, 0.3) is 0 Å². The van der Waals surface area contributed by atoms with Crippen LogP contribution in [-0.2, 0) is 11.4 Å². The van der Waals surface area contributed by atoms with Crippen molar-refractivity contribution in [3.05, 3.63) is 60.2 Å². The van der Waals surface area contributed by atoms with Crippen LogP contribution in [0.25, 0.3) is 0 Å². The monoisotopic (exact) mass is 331 g/mol. The standard InChI is InChI=1S/C11H13NO2.C7H8O.CH4O/c1-8-7-12(11(8)13)9-3-5-10(14-2)6-4-9;8-6-7-4-2-1-3-5-7;1-2/h3-6,8H,7H2,1-2H3;1-5,8H,6H2;2H,1H3. The Morgan fingerprint density at radius 3 is 2.04 bits per heavy atom. The van der Waals surface area contributed by atoms with Gasteiger partial charge in [-0.1, -0.05) is 37.3 Å². The number of carbonyl (C=O) groups is 1. The smallest absolute Gasteiger partial charge is 0.231 e. The van der Waals surface area contributed by atoms with Gasteiger partial charge in [0.05, 0.1) is 19.6 Å². The maximum Gasteiger partial charge on any atom is 0.231 e. The van der Waals surface area contributed by atoms with Crippen LogP contribution in [0.3, 0.4) is 0 Å². The van der Waals surface area contributed by atoms with Crippen LogP contribution in [0.5, 0.6) is 5.75 Å². The van der Waals surface area contributed by atoms with Crippen molar-refractivity contribution in [2.45, 2.75) is 13.5 Å². The van der Waals surface area contributed by atoms with Crippen LogP contribution in [-0.4, -0.2) is 36.9 Å². The molecule has 130 valence electrons. The number of aliphatic hydroxyl groups excluding tert-OH is 2. The van der Waals surface area contributed by atoms with Crippen LogP contribution >= 0.6 is 0 Å². The summed E-state index contributed by atoms with van der Waals surface area (Å²) >= 11 is 0. The fourth-order valence-electron chi connectivity index (χ4n) is 2.17. The van der Waals surface area contributed by atoms with E-state index in [0.29, 0.717) is 0 Å². The van der Waals surface area contributed by atoms with Crippen molar-refractivity contribution < 1.29 is 19.7 Å². The summed E-state index contributed by atoms with van der Waals surface area (Å²) in [5.41, 5.74) is 1.92. The predicted molar refractivity (Wildman–Crippen MR) is 95.0 cm³/mol. The maximum atomic E-state index is 11.4. The van der Waals surface area contributed by atoms with Gasteiger partial charge in [-0.05, 0) is 29.8 Å². The molecule has 5 heteroatoms. The molecule has 1 atom stereocenters. The predicted octanol–water partition coefficient (Wildman–Crippen LogP) is 2.47. The lowest BCUT2D eigenvalue weighted by molar-refractivity contribution is -0.126. The molecule has 2 aromatic carbocycles. The molecule has 2 aromatic rings. The molecule has 0 radical (unpaired) electrons. The number of benzene rings is 2. The third-order valence-corrected chi connectivity index (χ3v) is 3.55. The Balaban J connectivity index is 0.000000245. The molecule has 1 heterocycles. The van der Waals surface area contributed by atoms with E-state index < -0.39 is 0 Å². The second kappa shape index (κ2) is 10.4. The lowest BCUT2D eigenvalue weighted by Gasteiger charge is -2.36. The molecule has 24 heavy (non-hydrogen) atoms. The molecule has 0 aliphatic carbocycles. The summed E-state index contributed by atoms with van der Waals surface area (Å²) in [6, 6.07) is 17.1. The Morgan fingerprint density at radius 1 is 1.08 bits per heavy atom. The van der Waals surface area contributed by atoms with Crippen molar-refractivity contribution in [1.29, 1.82) is 0 Å². The first kappa shape index (κ1) is 19.7. The number of β-lactam (4-membered cyclic amide) rings is 1. The van der Waals surface area contributed by atoms with Crippen LogP contribution in [0.2, 0.25) is 0 Å². The normalized spacial score (nSPS) is 15.3. The summed E-state index contributed by atoms with van der Waals surface area (Å²) < 4.78 is 5.05. The van der Waals surface area contributed by atoms with Gasteiger partial charge in [-0.3, -0.25) is 4.79 Å². The minimum atomic E-state index is 0.140. The van der Waals surface area contributed by atoms with E-state index in [9.17, 15) is 4.79 Å². The maximum absolute atomic E-state index is 11.4. The molecule has 2 N–H and O–H groups in total. The van der Waals surface area contributed by atoms with Gasteiger partial charge in [-0.15, -0.1) is 0 Å². The zero-order chi connectivity index (χ0) is 17.9. The molecule has 0 aromatic heterocycles. The summed E-state index contributed by atoms with van der Waals surface area (Å²) in [4.78, 5) is 13.2. The number of hydrogen-bond acceptors (Lipinski definition) is 4. The molecule has 1 aliphatic rings. The molecule has 1 saturated heterocycles. The highest BCUT2D eigenvalue weighted by atomic mass is 16.5. The number of anilines is 1. The number of nitrogens with zero attached hydrogens (tertiary/aromatic N) is 1. The van der Waals surface area contributed by atoms with Gasteiger partial charge >= 0.3 is 0 Å². The molecule has 1 unspecified atom stereocenters. The number of methoxy groups -OCH3 is 1. The Labute approximate surface area is 143 Å². The third kappa shape index (κ3) is 5.37. The van der Waals surface area contributed by atoms with Gasteiger partial charge < -0.3 is 19.8 Å². The molecule has 0 saturated carbocycles. The lowest BCUT2D eigenvalue weighted by atomic mass is 10.0. The van der Waals surface area contributed by atoms with E-state index in [0.717, 1.165) is 30.7 Å². The molecule has 0 spiro atoms. The van der Waals surface area contributed by atoms with Crippen molar-refractivity contribution in [3.63, 3.8) is 0 Å². The number of ether oxygens (including phenoxy) is 1. The number of hydrogen-bond donors (Lipinski definition) is 2. The van der Waals surface area contributed by atoms with E-state index in [-0.39, 0.29) is 18.4 Å². The van der Waals surface area contributed by atoms with Gasteiger partial charge in [-0.25, -0.2) is 0 Å². The van der Waals surface area contributed by atoms with E-state index >= 15 is 0 Å². The molecular weight excluding hydrogens is 306 g/mol. The molecule has 3 rings (SSSR count). The van der Waals surface area contributed by atoms with E-state index in [2.05, 4.69) is 0 Å². The van der Waals surface area contributed by atoms with E-state index in [1.807, 2.05) is 61.5 Å². The summed E-state index contributed by atoms with van der Waals surface area (Å²) in [6.07, 6.45) is 0. The molecule has 1 fully saturated rings. The number of aliphatic hydroxyl groups is 2. The van der Waals surface area contributed by atoms with Crippen LogP contribution in [0.4, 0.5) is 5.69 Å². The average molecular weight is 331 g/mol. The van der Waals surface area contributed by atoms with Crippen molar-refractivity contribution in [1.82, 2.24) is 0 Å². The van der Waals surface area contributed by atoms with Crippen LogP contribution < -0.4 is 9.64 Å². The summed E-state index contributed by atoms with van der Waals surface area (Å²) in [7, 11) is 2.63. The van der Waals surface area contributed by atoms with Crippen molar-refractivity contribution >= 4 is 11.6 Å². The lowest BCUT2D eigenvalue weighted by Crippen LogP contribution is -2.51. The molecular formula is C19H25NO4. The van der Waals surface area contributed by atoms with E-state index in [1.54, 1.807) is 12.0 Å². The Hall–Kier alpha value is -2.37. The first-order valence-corrected chi connectivity index (χ1v) is 7.70. The Bertz CT molecular complexity index is 599.